The van der Waals surface area contributed by atoms with E-state index in [4.69, 9.17) is 9.47 Å². The maximum absolute atomic E-state index is 12.6. The number of ether oxygens (including phenoxy) is 2. The summed E-state index contributed by atoms with van der Waals surface area (Å²) >= 11 is 0. The summed E-state index contributed by atoms with van der Waals surface area (Å²) in [6, 6.07) is 13.0. The van der Waals surface area contributed by atoms with Crippen molar-refractivity contribution in [1.29, 1.82) is 0 Å². The number of nitrogens with zero attached hydrogens (tertiary/aromatic N) is 1. The highest BCUT2D eigenvalue weighted by molar-refractivity contribution is 6.04. The first-order valence-corrected chi connectivity index (χ1v) is 9.19. The molecule has 8 heteroatoms. The second kappa shape index (κ2) is 9.09. The summed E-state index contributed by atoms with van der Waals surface area (Å²) < 4.78 is 10.3. The van der Waals surface area contributed by atoms with Gasteiger partial charge >= 0.3 is 6.03 Å². The van der Waals surface area contributed by atoms with Gasteiger partial charge in [-0.3, -0.25) is 14.5 Å². The van der Waals surface area contributed by atoms with Crippen molar-refractivity contribution in [3.63, 3.8) is 0 Å². The zero-order valence-corrected chi connectivity index (χ0v) is 16.3. The molecule has 1 heterocycles. The molecule has 4 amide bonds. The van der Waals surface area contributed by atoms with E-state index >= 15 is 0 Å². The minimum Gasteiger partial charge on any atom is -0.497 e. The van der Waals surface area contributed by atoms with Crippen LogP contribution in [-0.4, -0.2) is 43.0 Å². The van der Waals surface area contributed by atoms with Crippen LogP contribution in [0.5, 0.6) is 11.5 Å². The number of rotatable bonds is 8. The van der Waals surface area contributed by atoms with Gasteiger partial charge in [-0.1, -0.05) is 24.3 Å². The number of carbonyl (C=O) groups is 3. The van der Waals surface area contributed by atoms with E-state index in [1.165, 1.54) is 7.11 Å². The van der Waals surface area contributed by atoms with Crippen LogP contribution in [0.4, 0.5) is 10.5 Å². The average Bonchev–Trinajstić information content (AvgIpc) is 3.00. The average molecular weight is 397 g/mol. The van der Waals surface area contributed by atoms with Crippen molar-refractivity contribution in [3.05, 3.63) is 54.1 Å². The molecule has 152 valence electrons. The number of nitrogens with one attached hydrogen (secondary N) is 2. The van der Waals surface area contributed by atoms with Crippen molar-refractivity contribution < 1.29 is 23.9 Å². The first-order valence-electron chi connectivity index (χ1n) is 9.19. The second-order valence-corrected chi connectivity index (χ2v) is 6.56. The van der Waals surface area contributed by atoms with Crippen LogP contribution in [0.25, 0.3) is 0 Å². The molecule has 8 nitrogen and oxygen atoms in total. The lowest BCUT2D eigenvalue weighted by Crippen LogP contribution is -2.31. The molecule has 0 aromatic heterocycles. The van der Waals surface area contributed by atoms with Gasteiger partial charge in [-0.05, 0) is 36.2 Å². The minimum absolute atomic E-state index is 0.0884. The molecule has 1 atom stereocenters. The number of carbonyl (C=O) groups excluding carboxylic acids is 3. The summed E-state index contributed by atoms with van der Waals surface area (Å²) in [5, 5.41) is 5.41. The van der Waals surface area contributed by atoms with Gasteiger partial charge in [-0.25, -0.2) is 4.79 Å². The SMILES string of the molecule is COc1ccc(CN2C(=O)NC(CCC(=O)Nc3ccccc3OC)C2=O)cc1. The molecule has 29 heavy (non-hydrogen) atoms. The van der Waals surface area contributed by atoms with Crippen LogP contribution < -0.4 is 20.1 Å². The van der Waals surface area contributed by atoms with Gasteiger partial charge in [0.15, 0.2) is 0 Å². The quantitative estimate of drug-likeness (QED) is 0.667. The van der Waals surface area contributed by atoms with Crippen LogP contribution in [0.1, 0.15) is 18.4 Å². The first kappa shape index (κ1) is 20.2. The lowest BCUT2D eigenvalue weighted by Gasteiger charge is -2.13. The molecule has 0 bridgehead atoms. The molecule has 3 rings (SSSR count). The number of anilines is 1. The number of benzene rings is 2. The number of urea groups is 1. The van der Waals surface area contributed by atoms with Gasteiger partial charge in [0, 0.05) is 6.42 Å². The van der Waals surface area contributed by atoms with Crippen molar-refractivity contribution in [1.82, 2.24) is 10.2 Å². The normalized spacial score (nSPS) is 15.8. The fraction of sp³-hybridized carbons (Fsp3) is 0.286. The summed E-state index contributed by atoms with van der Waals surface area (Å²) in [7, 11) is 3.09. The minimum atomic E-state index is -0.718. The summed E-state index contributed by atoms with van der Waals surface area (Å²) in [6.07, 6.45) is 0.301. The predicted molar refractivity (Wildman–Crippen MR) is 107 cm³/mol. The highest BCUT2D eigenvalue weighted by Gasteiger charge is 2.37. The van der Waals surface area contributed by atoms with E-state index in [2.05, 4.69) is 10.6 Å². The summed E-state index contributed by atoms with van der Waals surface area (Å²) in [5.41, 5.74) is 1.37. The van der Waals surface area contributed by atoms with Gasteiger partial charge < -0.3 is 20.1 Å². The number of methoxy groups -OCH3 is 2. The van der Waals surface area contributed by atoms with Gasteiger partial charge in [0.1, 0.15) is 17.5 Å². The molecule has 2 aromatic carbocycles. The Morgan fingerprint density at radius 1 is 1.07 bits per heavy atom. The molecule has 0 spiro atoms. The van der Waals surface area contributed by atoms with Gasteiger partial charge in [0.2, 0.25) is 5.91 Å². The van der Waals surface area contributed by atoms with E-state index in [9.17, 15) is 14.4 Å². The zero-order valence-electron chi connectivity index (χ0n) is 16.3. The Morgan fingerprint density at radius 2 is 1.79 bits per heavy atom. The number of amides is 4. The highest BCUT2D eigenvalue weighted by Crippen LogP contribution is 2.23. The first-order chi connectivity index (χ1) is 14.0. The van der Waals surface area contributed by atoms with Crippen LogP contribution in [0.15, 0.2) is 48.5 Å². The van der Waals surface area contributed by atoms with Crippen LogP contribution >= 0.6 is 0 Å². The monoisotopic (exact) mass is 397 g/mol. The van der Waals surface area contributed by atoms with Gasteiger partial charge in [0.25, 0.3) is 5.91 Å². The topological polar surface area (TPSA) is 97.0 Å². The fourth-order valence-electron chi connectivity index (χ4n) is 3.07. The number of hydrogen-bond donors (Lipinski definition) is 2. The Bertz CT molecular complexity index is 897. The van der Waals surface area contributed by atoms with E-state index in [0.29, 0.717) is 17.2 Å². The third-order valence-corrected chi connectivity index (χ3v) is 4.65. The third kappa shape index (κ3) is 4.84. The summed E-state index contributed by atoms with van der Waals surface area (Å²) in [6.45, 7) is 0.165. The maximum Gasteiger partial charge on any atom is 0.325 e. The predicted octanol–water partition coefficient (Wildman–Crippen LogP) is 2.54. The smallest absolute Gasteiger partial charge is 0.325 e. The lowest BCUT2D eigenvalue weighted by atomic mass is 10.1. The molecule has 1 fully saturated rings. The van der Waals surface area contributed by atoms with E-state index in [0.717, 1.165) is 10.5 Å². The zero-order chi connectivity index (χ0) is 20.8. The van der Waals surface area contributed by atoms with Crippen molar-refractivity contribution in [2.24, 2.45) is 0 Å². The fourth-order valence-corrected chi connectivity index (χ4v) is 3.07. The molecule has 0 radical (unpaired) electrons. The molecular formula is C21H23N3O5. The molecule has 1 aliphatic rings. The number of imide groups is 1. The number of hydrogen-bond acceptors (Lipinski definition) is 5. The molecule has 0 aliphatic carbocycles. The van der Waals surface area contributed by atoms with Crippen molar-refractivity contribution in [3.8, 4) is 11.5 Å². The molecule has 2 N–H and O–H groups in total. The second-order valence-electron chi connectivity index (χ2n) is 6.56. The van der Waals surface area contributed by atoms with Crippen LogP contribution in [0.2, 0.25) is 0 Å². The van der Waals surface area contributed by atoms with Gasteiger partial charge in [-0.15, -0.1) is 0 Å². The van der Waals surface area contributed by atoms with Crippen LogP contribution in [-0.2, 0) is 16.1 Å². The third-order valence-electron chi connectivity index (χ3n) is 4.65. The van der Waals surface area contributed by atoms with Crippen molar-refractivity contribution in [2.45, 2.75) is 25.4 Å². The van der Waals surface area contributed by atoms with Gasteiger partial charge in [-0.2, -0.15) is 0 Å². The Hall–Kier alpha value is -3.55. The standard InChI is InChI=1S/C21H23N3O5/c1-28-15-9-7-14(8-10-15)13-24-20(26)17(23-21(24)27)11-12-19(25)22-16-5-3-4-6-18(16)29-2/h3-10,17H,11-13H2,1-2H3,(H,22,25)(H,23,27). The van der Waals surface area contributed by atoms with E-state index in [-0.39, 0.29) is 31.2 Å². The van der Waals surface area contributed by atoms with Crippen molar-refractivity contribution >= 4 is 23.5 Å². The Balaban J connectivity index is 1.54. The van der Waals surface area contributed by atoms with Gasteiger partial charge in [0.05, 0.1) is 26.5 Å². The summed E-state index contributed by atoms with van der Waals surface area (Å²) in [5.74, 6) is 0.655. The molecule has 2 aromatic rings. The van der Waals surface area contributed by atoms with Crippen LogP contribution in [0.3, 0.4) is 0 Å². The van der Waals surface area contributed by atoms with E-state index < -0.39 is 12.1 Å². The van der Waals surface area contributed by atoms with E-state index in [1.54, 1.807) is 55.6 Å². The molecule has 1 aliphatic heterocycles. The van der Waals surface area contributed by atoms with Crippen LogP contribution in [0, 0.1) is 0 Å². The molecular weight excluding hydrogens is 374 g/mol. The lowest BCUT2D eigenvalue weighted by molar-refractivity contribution is -0.128. The van der Waals surface area contributed by atoms with E-state index in [1.807, 2.05) is 0 Å². The highest BCUT2D eigenvalue weighted by atomic mass is 16.5. The molecule has 0 saturated carbocycles. The largest absolute Gasteiger partial charge is 0.497 e. The summed E-state index contributed by atoms with van der Waals surface area (Å²) in [4.78, 5) is 38.2. The molecule has 1 saturated heterocycles. The Kier molecular flexibility index (Phi) is 6.33. The Morgan fingerprint density at radius 3 is 2.48 bits per heavy atom. The number of para-hydroxylation sites is 2. The maximum atomic E-state index is 12.6. The Labute approximate surface area is 168 Å². The molecule has 1 unspecified atom stereocenters. The van der Waals surface area contributed by atoms with Crippen molar-refractivity contribution in [2.75, 3.05) is 19.5 Å².